The number of nitrogens with one attached hydrogen (secondary N) is 1. The third-order valence-corrected chi connectivity index (χ3v) is 3.79. The maximum absolute atomic E-state index is 14.1. The van der Waals surface area contributed by atoms with Crippen LogP contribution in [0.15, 0.2) is 48.5 Å². The molecule has 2 atom stereocenters. The molecule has 0 saturated carbocycles. The van der Waals surface area contributed by atoms with E-state index in [1.807, 2.05) is 37.3 Å². The summed E-state index contributed by atoms with van der Waals surface area (Å²) in [6.07, 6.45) is 0.845. The van der Waals surface area contributed by atoms with Crippen molar-refractivity contribution in [2.45, 2.75) is 32.2 Å². The second-order valence-corrected chi connectivity index (χ2v) is 5.13. The minimum Gasteiger partial charge on any atom is -0.310 e. The van der Waals surface area contributed by atoms with Gasteiger partial charge in [-0.3, -0.25) is 0 Å². The van der Waals surface area contributed by atoms with Gasteiger partial charge in [-0.2, -0.15) is 0 Å². The largest absolute Gasteiger partial charge is 0.310 e. The zero-order valence-electron chi connectivity index (χ0n) is 12.4. The fraction of sp³-hybridized carbons (Fsp3) is 0.333. The predicted molar refractivity (Wildman–Crippen MR) is 82.2 cm³/mol. The standard InChI is InChI=1S/C18H21F2N/c1-3-15(13-8-6-5-7-9-13)18(21-4-2)16-12-14(19)10-11-17(16)20/h5-12,15,18,21H,3-4H2,1-2H3. The van der Waals surface area contributed by atoms with Crippen LogP contribution < -0.4 is 5.32 Å². The van der Waals surface area contributed by atoms with Crippen molar-refractivity contribution < 1.29 is 8.78 Å². The number of likely N-dealkylation sites (N-methyl/N-ethyl adjacent to an activating group) is 1. The summed E-state index contributed by atoms with van der Waals surface area (Å²) in [5.74, 6) is -0.670. The number of halogens is 2. The molecule has 112 valence electrons. The molecule has 0 spiro atoms. The van der Waals surface area contributed by atoms with E-state index in [1.165, 1.54) is 12.1 Å². The van der Waals surface area contributed by atoms with Gasteiger partial charge in [-0.1, -0.05) is 44.2 Å². The van der Waals surface area contributed by atoms with Gasteiger partial charge in [0.2, 0.25) is 0 Å². The summed E-state index contributed by atoms with van der Waals surface area (Å²) < 4.78 is 27.7. The molecule has 0 bridgehead atoms. The molecule has 1 N–H and O–H groups in total. The van der Waals surface area contributed by atoms with Crippen LogP contribution in [0.25, 0.3) is 0 Å². The van der Waals surface area contributed by atoms with Crippen molar-refractivity contribution >= 4 is 0 Å². The Kier molecular flexibility index (Phi) is 5.45. The zero-order chi connectivity index (χ0) is 15.2. The van der Waals surface area contributed by atoms with Crippen LogP contribution in [0.2, 0.25) is 0 Å². The fourth-order valence-electron chi connectivity index (χ4n) is 2.81. The van der Waals surface area contributed by atoms with Crippen LogP contribution in [0, 0.1) is 11.6 Å². The van der Waals surface area contributed by atoms with Crippen LogP contribution in [-0.4, -0.2) is 6.54 Å². The lowest BCUT2D eigenvalue weighted by atomic mass is 9.85. The summed E-state index contributed by atoms with van der Waals surface area (Å²) in [5.41, 5.74) is 1.53. The topological polar surface area (TPSA) is 12.0 Å². The molecule has 0 aliphatic carbocycles. The highest BCUT2D eigenvalue weighted by Crippen LogP contribution is 2.35. The summed E-state index contributed by atoms with van der Waals surface area (Å²) >= 11 is 0. The summed E-state index contributed by atoms with van der Waals surface area (Å²) in [4.78, 5) is 0. The number of rotatable bonds is 6. The van der Waals surface area contributed by atoms with Gasteiger partial charge in [0, 0.05) is 17.5 Å². The Morgan fingerprint density at radius 3 is 2.33 bits per heavy atom. The van der Waals surface area contributed by atoms with Gasteiger partial charge < -0.3 is 5.32 Å². The molecular weight excluding hydrogens is 268 g/mol. The monoisotopic (exact) mass is 289 g/mol. The van der Waals surface area contributed by atoms with E-state index in [0.717, 1.165) is 18.1 Å². The fourth-order valence-corrected chi connectivity index (χ4v) is 2.81. The summed E-state index contributed by atoms with van der Waals surface area (Å²) in [6.45, 7) is 4.74. The quantitative estimate of drug-likeness (QED) is 0.804. The van der Waals surface area contributed by atoms with Gasteiger partial charge in [0.15, 0.2) is 0 Å². The predicted octanol–water partition coefficient (Wildman–Crippen LogP) is 4.81. The van der Waals surface area contributed by atoms with Crippen molar-refractivity contribution in [3.63, 3.8) is 0 Å². The van der Waals surface area contributed by atoms with E-state index in [4.69, 9.17) is 0 Å². The molecule has 2 aromatic rings. The molecule has 0 amide bonds. The second-order valence-electron chi connectivity index (χ2n) is 5.13. The summed E-state index contributed by atoms with van der Waals surface area (Å²) in [7, 11) is 0. The van der Waals surface area contributed by atoms with Crippen molar-refractivity contribution in [3.8, 4) is 0 Å². The average Bonchev–Trinajstić information content (AvgIpc) is 2.51. The third-order valence-electron chi connectivity index (χ3n) is 3.79. The lowest BCUT2D eigenvalue weighted by Gasteiger charge is -2.28. The molecule has 2 unspecified atom stereocenters. The van der Waals surface area contributed by atoms with E-state index in [9.17, 15) is 8.78 Å². The highest BCUT2D eigenvalue weighted by atomic mass is 19.1. The Bertz CT molecular complexity index is 569. The first-order chi connectivity index (χ1) is 10.2. The van der Waals surface area contributed by atoms with Gasteiger partial charge in [0.05, 0.1) is 0 Å². The molecule has 0 radical (unpaired) electrons. The minimum atomic E-state index is -0.405. The van der Waals surface area contributed by atoms with Crippen LogP contribution >= 0.6 is 0 Å². The van der Waals surface area contributed by atoms with Crippen molar-refractivity contribution in [2.24, 2.45) is 0 Å². The molecule has 2 rings (SSSR count). The number of benzene rings is 2. The smallest absolute Gasteiger partial charge is 0.128 e. The molecule has 3 heteroatoms. The van der Waals surface area contributed by atoms with Crippen molar-refractivity contribution in [1.82, 2.24) is 5.32 Å². The van der Waals surface area contributed by atoms with Gasteiger partial charge in [0.25, 0.3) is 0 Å². The van der Waals surface area contributed by atoms with Crippen molar-refractivity contribution in [3.05, 3.63) is 71.3 Å². The Balaban J connectivity index is 2.43. The summed E-state index contributed by atoms with van der Waals surface area (Å²) in [6, 6.07) is 13.4. The molecule has 0 saturated heterocycles. The molecule has 0 aliphatic heterocycles. The molecule has 0 fully saturated rings. The molecule has 0 heterocycles. The molecule has 0 aromatic heterocycles. The first-order valence-electron chi connectivity index (χ1n) is 7.40. The average molecular weight is 289 g/mol. The van der Waals surface area contributed by atoms with E-state index >= 15 is 0 Å². The Hall–Kier alpha value is -1.74. The third kappa shape index (κ3) is 3.67. The SMILES string of the molecule is CCNC(c1cc(F)ccc1F)C(CC)c1ccccc1. The highest BCUT2D eigenvalue weighted by Gasteiger charge is 2.25. The summed E-state index contributed by atoms with van der Waals surface area (Å²) in [5, 5.41) is 3.31. The van der Waals surface area contributed by atoms with Crippen LogP contribution in [0.4, 0.5) is 8.78 Å². The molecule has 21 heavy (non-hydrogen) atoms. The van der Waals surface area contributed by atoms with Crippen molar-refractivity contribution in [2.75, 3.05) is 6.54 Å². The normalized spacial score (nSPS) is 13.9. The highest BCUT2D eigenvalue weighted by molar-refractivity contribution is 5.29. The Morgan fingerprint density at radius 2 is 1.71 bits per heavy atom. The minimum absolute atomic E-state index is 0.0995. The lowest BCUT2D eigenvalue weighted by Crippen LogP contribution is -2.28. The molecular formula is C18H21F2N. The van der Waals surface area contributed by atoms with Crippen LogP contribution in [0.3, 0.4) is 0 Å². The first-order valence-corrected chi connectivity index (χ1v) is 7.40. The van der Waals surface area contributed by atoms with Gasteiger partial charge in [-0.05, 0) is 36.7 Å². The van der Waals surface area contributed by atoms with Gasteiger partial charge in [0.1, 0.15) is 11.6 Å². The molecule has 1 nitrogen and oxygen atoms in total. The van der Waals surface area contributed by atoms with E-state index < -0.39 is 5.82 Å². The second kappa shape index (κ2) is 7.32. The number of hydrogen-bond donors (Lipinski definition) is 1. The first kappa shape index (κ1) is 15.6. The zero-order valence-corrected chi connectivity index (χ0v) is 12.4. The van der Waals surface area contributed by atoms with Crippen molar-refractivity contribution in [1.29, 1.82) is 0 Å². The van der Waals surface area contributed by atoms with Gasteiger partial charge in [-0.15, -0.1) is 0 Å². The van der Waals surface area contributed by atoms with Gasteiger partial charge in [-0.25, -0.2) is 8.78 Å². The Morgan fingerprint density at radius 1 is 1.00 bits per heavy atom. The lowest BCUT2D eigenvalue weighted by molar-refractivity contribution is 0.425. The maximum Gasteiger partial charge on any atom is 0.128 e. The van der Waals surface area contributed by atoms with Crippen LogP contribution in [-0.2, 0) is 0 Å². The van der Waals surface area contributed by atoms with E-state index in [-0.39, 0.29) is 17.8 Å². The van der Waals surface area contributed by atoms with Crippen LogP contribution in [0.1, 0.15) is 43.4 Å². The Labute approximate surface area is 125 Å². The van der Waals surface area contributed by atoms with E-state index in [2.05, 4.69) is 12.2 Å². The van der Waals surface area contributed by atoms with E-state index in [1.54, 1.807) is 0 Å². The maximum atomic E-state index is 14.1. The van der Waals surface area contributed by atoms with Crippen LogP contribution in [0.5, 0.6) is 0 Å². The number of hydrogen-bond acceptors (Lipinski definition) is 1. The molecule has 2 aromatic carbocycles. The van der Waals surface area contributed by atoms with E-state index in [0.29, 0.717) is 12.1 Å². The van der Waals surface area contributed by atoms with Gasteiger partial charge >= 0.3 is 0 Å². The molecule has 0 aliphatic rings.